The van der Waals surface area contributed by atoms with E-state index in [2.05, 4.69) is 287 Å². The molecule has 11 aromatic carbocycles. The predicted octanol–water partition coefficient (Wildman–Crippen LogP) is 14.9. The Labute approximate surface area is 456 Å². The smallest absolute Gasteiger partial charge is 0.254 e. The van der Waals surface area contributed by atoms with Crippen LogP contribution in [0, 0.1) is 0 Å². The van der Waals surface area contributed by atoms with Gasteiger partial charge in [0.2, 0.25) is 12.6 Å². The van der Waals surface area contributed by atoms with Crippen molar-refractivity contribution in [1.29, 1.82) is 0 Å². The maximum atomic E-state index is 7.21. The predicted molar refractivity (Wildman–Crippen MR) is 325 cm³/mol. The Morgan fingerprint density at radius 2 is 0.740 bits per heavy atom. The van der Waals surface area contributed by atoms with Gasteiger partial charge in [0.05, 0.1) is 0 Å². The van der Waals surface area contributed by atoms with Gasteiger partial charge in [-0.2, -0.15) is 0 Å². The van der Waals surface area contributed by atoms with E-state index >= 15 is 0 Å². The number of fused-ring (bicyclic) bond motifs is 10. The molecule has 360 valence electrons. The molecule has 0 bridgehead atoms. The lowest BCUT2D eigenvalue weighted by Gasteiger charge is -2.42. The molecule has 9 heteroatoms. The molecular weight excluding hydrogens is 975 g/mol. The fourth-order valence-electron chi connectivity index (χ4n) is 12.5. The summed E-state index contributed by atoms with van der Waals surface area (Å²) < 4.78 is 7.21. The molecule has 0 spiro atoms. The minimum atomic E-state index is -0.116. The lowest BCUT2D eigenvalue weighted by Crippen LogP contribution is -2.63. The van der Waals surface area contributed by atoms with Crippen molar-refractivity contribution in [1.82, 2.24) is 0 Å². The van der Waals surface area contributed by atoms with Gasteiger partial charge in [0.1, 0.15) is 5.58 Å². The third-order valence-corrected chi connectivity index (χ3v) is 17.9. The van der Waals surface area contributed by atoms with Crippen LogP contribution in [0.15, 0.2) is 291 Å². The first-order valence-corrected chi connectivity index (χ1v) is 27.9. The van der Waals surface area contributed by atoms with Crippen molar-refractivity contribution in [3.63, 3.8) is 0 Å². The SMILES string of the molecule is c1ccc(N(c2ccccc2)c2cc3c4c(c2)N(c2ccccc2)c2ccccc2B4c2cc4c(cc2S3)Sc2cc(N(c3ccccc3)c3ccccc3)cc3c2B4c2c(oc4ccccc24)N3c2ccccc2)cc1. The Morgan fingerprint density at radius 1 is 0.312 bits per heavy atom. The minimum Gasteiger partial charge on any atom is -0.440 e. The summed E-state index contributed by atoms with van der Waals surface area (Å²) in [7, 11) is 0. The molecular formula is C68H44B2N4OS2. The van der Waals surface area contributed by atoms with E-state index in [0.29, 0.717) is 0 Å². The van der Waals surface area contributed by atoms with Gasteiger partial charge in [-0.05, 0) is 132 Å². The van der Waals surface area contributed by atoms with Crippen LogP contribution in [-0.4, -0.2) is 13.4 Å². The van der Waals surface area contributed by atoms with Crippen molar-refractivity contribution in [2.24, 2.45) is 0 Å². The molecule has 4 aliphatic rings. The number of para-hydroxylation sites is 8. The van der Waals surface area contributed by atoms with E-state index in [1.807, 2.05) is 23.5 Å². The van der Waals surface area contributed by atoms with Gasteiger partial charge < -0.3 is 19.1 Å². The van der Waals surface area contributed by atoms with Gasteiger partial charge in [-0.15, -0.1) is 0 Å². The Morgan fingerprint density at radius 3 is 1.29 bits per heavy atom. The Bertz CT molecular complexity index is 4180. The summed E-state index contributed by atoms with van der Waals surface area (Å²) in [6.07, 6.45) is 0. The molecule has 1 aromatic heterocycles. The first-order valence-electron chi connectivity index (χ1n) is 26.2. The molecule has 0 amide bonds. The Hall–Kier alpha value is -9.01. The summed E-state index contributed by atoms with van der Waals surface area (Å²) in [4.78, 5) is 14.7. The van der Waals surface area contributed by atoms with Crippen molar-refractivity contribution in [3.8, 4) is 0 Å². The zero-order valence-corrected chi connectivity index (χ0v) is 43.2. The average Bonchev–Trinajstić information content (AvgIpc) is 4.07. The van der Waals surface area contributed by atoms with Crippen LogP contribution in [0.4, 0.5) is 68.4 Å². The third-order valence-electron chi connectivity index (χ3n) is 15.7. The maximum absolute atomic E-state index is 7.21. The van der Waals surface area contributed by atoms with E-state index in [9.17, 15) is 0 Å². The Balaban J connectivity index is 0.952. The molecule has 0 fully saturated rings. The molecule has 0 N–H and O–H groups in total. The van der Waals surface area contributed by atoms with Crippen LogP contribution in [0.1, 0.15) is 0 Å². The number of rotatable bonds is 8. The maximum Gasteiger partial charge on any atom is 0.254 e. The third kappa shape index (κ3) is 7.00. The van der Waals surface area contributed by atoms with Gasteiger partial charge in [0.15, 0.2) is 0 Å². The van der Waals surface area contributed by atoms with Crippen LogP contribution in [0.2, 0.25) is 0 Å². The summed E-state index contributed by atoms with van der Waals surface area (Å²) in [5, 5.41) is 1.14. The molecule has 0 saturated carbocycles. The quantitative estimate of drug-likeness (QED) is 0.140. The Kier molecular flexibility index (Phi) is 10.2. The summed E-state index contributed by atoms with van der Waals surface area (Å²) in [6.45, 7) is -0.147. The van der Waals surface area contributed by atoms with Crippen molar-refractivity contribution >= 4 is 149 Å². The number of benzene rings is 11. The minimum absolute atomic E-state index is 0.0304. The zero-order chi connectivity index (χ0) is 50.6. The number of hydrogen-bond acceptors (Lipinski definition) is 7. The van der Waals surface area contributed by atoms with Crippen molar-refractivity contribution in [2.45, 2.75) is 19.6 Å². The van der Waals surface area contributed by atoms with Gasteiger partial charge in [0, 0.05) is 93.0 Å². The van der Waals surface area contributed by atoms with E-state index in [0.717, 1.165) is 68.0 Å². The standard InChI is InChI=1S/C68H44B2N4OS2/c1-7-23-45(24-8-1)71(46-25-9-2-10-26-46)51-39-58-66-63(41-51)76-61-44-62-56(43-55(61)69(66)54-36-20-21-37-57(54)73(58)49-31-15-5-16-32-49)70-65-53-35-19-22-38-60(53)75-68(65)74(50-33-17-6-18-34-50)59-40-52(42-64(77-62)67(59)70)72(47-27-11-3-12-28-47)48-29-13-4-14-30-48/h1-44H. The van der Waals surface area contributed by atoms with E-state index in [-0.39, 0.29) is 13.4 Å². The summed E-state index contributed by atoms with van der Waals surface area (Å²) >= 11 is 3.82. The first kappa shape index (κ1) is 44.3. The molecule has 4 aliphatic heterocycles. The highest BCUT2D eigenvalue weighted by molar-refractivity contribution is 8.01. The molecule has 12 aromatic rings. The van der Waals surface area contributed by atoms with Gasteiger partial charge in [0.25, 0.3) is 6.71 Å². The monoisotopic (exact) mass is 1020 g/mol. The summed E-state index contributed by atoms with van der Waals surface area (Å²) in [5.41, 5.74) is 20.9. The lowest BCUT2D eigenvalue weighted by molar-refractivity contribution is 0.622. The van der Waals surface area contributed by atoms with Crippen molar-refractivity contribution < 1.29 is 4.42 Å². The lowest BCUT2D eigenvalue weighted by atomic mass is 9.32. The second-order valence-corrected chi connectivity index (χ2v) is 22.1. The van der Waals surface area contributed by atoms with Crippen LogP contribution >= 0.6 is 23.5 Å². The molecule has 16 rings (SSSR count). The van der Waals surface area contributed by atoms with Gasteiger partial charge >= 0.3 is 0 Å². The highest BCUT2D eigenvalue weighted by Gasteiger charge is 2.48. The number of furan rings is 1. The second kappa shape index (κ2) is 17.8. The molecule has 5 heterocycles. The number of nitrogens with zero attached hydrogens (tertiary/aromatic N) is 4. The van der Waals surface area contributed by atoms with Crippen LogP contribution in [0.5, 0.6) is 0 Å². The number of hydrogen-bond donors (Lipinski definition) is 0. The topological polar surface area (TPSA) is 26.1 Å². The van der Waals surface area contributed by atoms with E-state index < -0.39 is 0 Å². The molecule has 0 unspecified atom stereocenters. The second-order valence-electron chi connectivity index (χ2n) is 20.0. The highest BCUT2D eigenvalue weighted by Crippen LogP contribution is 2.50. The van der Waals surface area contributed by atoms with Gasteiger partial charge in [-0.3, -0.25) is 4.90 Å². The summed E-state index contributed by atoms with van der Waals surface area (Å²) in [5.74, 6) is 0.858. The van der Waals surface area contributed by atoms with E-state index in [1.54, 1.807) is 0 Å². The highest BCUT2D eigenvalue weighted by atomic mass is 32.2. The van der Waals surface area contributed by atoms with Crippen LogP contribution in [0.3, 0.4) is 0 Å². The molecule has 0 atom stereocenters. The molecule has 77 heavy (non-hydrogen) atoms. The molecule has 0 saturated heterocycles. The first-order chi connectivity index (χ1) is 38.2. The van der Waals surface area contributed by atoms with Gasteiger partial charge in [-0.1, -0.05) is 186 Å². The normalized spacial score (nSPS) is 13.2. The van der Waals surface area contributed by atoms with Crippen LogP contribution < -0.4 is 52.4 Å². The van der Waals surface area contributed by atoms with E-state index in [1.165, 1.54) is 63.7 Å². The van der Waals surface area contributed by atoms with Crippen molar-refractivity contribution in [3.05, 3.63) is 267 Å². The molecule has 0 aliphatic carbocycles. The van der Waals surface area contributed by atoms with Crippen LogP contribution in [0.25, 0.3) is 11.0 Å². The summed E-state index contributed by atoms with van der Waals surface area (Å²) in [6, 6.07) is 97.3. The van der Waals surface area contributed by atoms with Gasteiger partial charge in [-0.25, -0.2) is 0 Å². The fraction of sp³-hybridized carbons (Fsp3) is 0. The largest absolute Gasteiger partial charge is 0.440 e. The van der Waals surface area contributed by atoms with Crippen molar-refractivity contribution in [2.75, 3.05) is 19.6 Å². The number of anilines is 12. The molecule has 5 nitrogen and oxygen atoms in total. The van der Waals surface area contributed by atoms with Crippen LogP contribution in [-0.2, 0) is 0 Å². The zero-order valence-electron chi connectivity index (χ0n) is 41.6. The molecule has 0 radical (unpaired) electrons. The fourth-order valence-corrected chi connectivity index (χ4v) is 15.0. The average molecular weight is 1020 g/mol. The van der Waals surface area contributed by atoms with E-state index in [4.69, 9.17) is 4.42 Å².